The van der Waals surface area contributed by atoms with Gasteiger partial charge >= 0.3 is 6.18 Å². The van der Waals surface area contributed by atoms with Gasteiger partial charge in [-0.3, -0.25) is 4.72 Å². The predicted octanol–water partition coefficient (Wildman–Crippen LogP) is 9.33. The minimum atomic E-state index is -4.40. The lowest BCUT2D eigenvalue weighted by Crippen LogP contribution is -2.33. The van der Waals surface area contributed by atoms with E-state index in [2.05, 4.69) is 49.4 Å². The second-order valence-electron chi connectivity index (χ2n) is 9.91. The quantitative estimate of drug-likeness (QED) is 0.116. The molecule has 1 unspecified atom stereocenters. The molecule has 1 atom stereocenters. The zero-order valence-corrected chi connectivity index (χ0v) is 23.1. The summed E-state index contributed by atoms with van der Waals surface area (Å²) in [7, 11) is 0. The minimum absolute atomic E-state index is 0.287. The van der Waals surface area contributed by atoms with Gasteiger partial charge in [-0.1, -0.05) is 85.7 Å². The predicted molar refractivity (Wildman–Crippen MR) is 157 cm³/mol. The molecule has 1 N–H and O–H groups in total. The number of halogens is 4. The van der Waals surface area contributed by atoms with Crippen molar-refractivity contribution in [2.24, 2.45) is 5.41 Å². The second-order valence-corrected chi connectivity index (χ2v) is 10.2. The average Bonchev–Trinajstić information content (AvgIpc) is 2.92. The summed E-state index contributed by atoms with van der Waals surface area (Å²) in [4.78, 5) is 0. The van der Waals surface area contributed by atoms with Crippen LogP contribution in [-0.4, -0.2) is 6.54 Å². The zero-order valence-electron chi connectivity index (χ0n) is 22.3. The van der Waals surface area contributed by atoms with Crippen molar-refractivity contribution < 1.29 is 17.6 Å². The van der Waals surface area contributed by atoms with Crippen LogP contribution in [-0.2, 0) is 19.0 Å². The van der Waals surface area contributed by atoms with Crippen LogP contribution in [0.15, 0.2) is 120 Å². The fourth-order valence-corrected chi connectivity index (χ4v) is 5.30. The standard InChI is InChI=1S/C33H35F4NS/c1-5-7-8-23(3)24(4)32(21-26-9-13-29(14-10-26)33(35,36)37)22-27(6-2)28(20-30(32)17-18-38-39)19-25-11-15-31(34)16-12-25/h5-6,8-16,20,38-39H,1-2,4,7,17-19,21-22H2,3H3/b23-8+. The van der Waals surface area contributed by atoms with Crippen molar-refractivity contribution >= 4 is 12.8 Å². The van der Waals surface area contributed by atoms with E-state index < -0.39 is 17.2 Å². The van der Waals surface area contributed by atoms with Crippen LogP contribution in [0.1, 0.15) is 42.9 Å². The lowest BCUT2D eigenvalue weighted by atomic mass is 9.61. The van der Waals surface area contributed by atoms with Gasteiger partial charge in [-0.25, -0.2) is 4.39 Å². The van der Waals surface area contributed by atoms with Crippen LogP contribution in [0.5, 0.6) is 0 Å². The Morgan fingerprint density at radius 1 is 1.05 bits per heavy atom. The molecule has 1 nitrogen and oxygen atoms in total. The van der Waals surface area contributed by atoms with E-state index in [1.807, 2.05) is 19.1 Å². The van der Waals surface area contributed by atoms with Crippen molar-refractivity contribution in [2.45, 2.75) is 45.2 Å². The molecule has 0 saturated carbocycles. The first-order valence-electron chi connectivity index (χ1n) is 12.8. The molecule has 1 aliphatic carbocycles. The highest BCUT2D eigenvalue weighted by atomic mass is 32.1. The molecule has 0 heterocycles. The van der Waals surface area contributed by atoms with Gasteiger partial charge in [0.25, 0.3) is 0 Å². The highest BCUT2D eigenvalue weighted by Crippen LogP contribution is 2.51. The van der Waals surface area contributed by atoms with Crippen LogP contribution in [0, 0.1) is 11.2 Å². The number of hydrogen-bond donors (Lipinski definition) is 2. The van der Waals surface area contributed by atoms with E-state index in [-0.39, 0.29) is 5.82 Å². The molecule has 0 spiro atoms. The SMILES string of the molecule is C=CC/C=C(\C)C(=C)C1(Cc2ccc(C(F)(F)F)cc2)CC(C=C)=C(Cc2ccc(F)cc2)C=C1CCNS. The summed E-state index contributed by atoms with van der Waals surface area (Å²) in [5.41, 5.74) is 5.66. The minimum Gasteiger partial charge on any atom is -0.266 e. The number of hydrogen-bond acceptors (Lipinski definition) is 2. The Morgan fingerprint density at radius 3 is 2.26 bits per heavy atom. The smallest absolute Gasteiger partial charge is 0.266 e. The lowest BCUT2D eigenvalue weighted by molar-refractivity contribution is -0.137. The van der Waals surface area contributed by atoms with Crippen molar-refractivity contribution in [1.29, 1.82) is 0 Å². The Bertz CT molecular complexity index is 1280. The molecule has 0 radical (unpaired) electrons. The van der Waals surface area contributed by atoms with Gasteiger partial charge in [0.2, 0.25) is 0 Å². The van der Waals surface area contributed by atoms with Crippen LogP contribution < -0.4 is 4.72 Å². The number of allylic oxidation sites excluding steroid dienone is 8. The van der Waals surface area contributed by atoms with E-state index in [0.717, 1.165) is 51.1 Å². The number of benzene rings is 2. The molecule has 2 aromatic carbocycles. The Morgan fingerprint density at radius 2 is 1.69 bits per heavy atom. The van der Waals surface area contributed by atoms with Crippen molar-refractivity contribution in [3.05, 3.63) is 143 Å². The molecule has 1 aliphatic rings. The maximum absolute atomic E-state index is 13.5. The maximum Gasteiger partial charge on any atom is 0.416 e. The van der Waals surface area contributed by atoms with Gasteiger partial charge in [0.05, 0.1) is 5.56 Å². The number of alkyl halides is 3. The van der Waals surface area contributed by atoms with Gasteiger partial charge in [0, 0.05) is 12.0 Å². The fourth-order valence-electron chi connectivity index (χ4n) is 5.19. The highest BCUT2D eigenvalue weighted by molar-refractivity contribution is 7.78. The third-order valence-electron chi connectivity index (χ3n) is 7.36. The van der Waals surface area contributed by atoms with E-state index in [4.69, 9.17) is 0 Å². The summed E-state index contributed by atoms with van der Waals surface area (Å²) in [6.07, 6.45) is 6.52. The molecule has 206 valence electrons. The molecule has 0 aliphatic heterocycles. The van der Waals surface area contributed by atoms with Crippen LogP contribution in [0.3, 0.4) is 0 Å². The van der Waals surface area contributed by atoms with Crippen molar-refractivity contribution in [3.8, 4) is 0 Å². The molecule has 0 amide bonds. The van der Waals surface area contributed by atoms with E-state index in [1.54, 1.807) is 24.3 Å². The summed E-state index contributed by atoms with van der Waals surface area (Å²) >= 11 is 4.21. The Hall–Kier alpha value is -3.09. The maximum atomic E-state index is 13.5. The van der Waals surface area contributed by atoms with Crippen LogP contribution >= 0.6 is 12.8 Å². The van der Waals surface area contributed by atoms with E-state index in [9.17, 15) is 17.6 Å². The molecular weight excluding hydrogens is 518 g/mol. The summed E-state index contributed by atoms with van der Waals surface area (Å²) in [5.74, 6) is -0.287. The van der Waals surface area contributed by atoms with E-state index in [1.165, 1.54) is 12.1 Å². The molecule has 6 heteroatoms. The van der Waals surface area contributed by atoms with Gasteiger partial charge in [0.1, 0.15) is 5.82 Å². The van der Waals surface area contributed by atoms with Gasteiger partial charge in [0.15, 0.2) is 0 Å². The molecule has 3 rings (SSSR count). The summed E-state index contributed by atoms with van der Waals surface area (Å²) in [6, 6.07) is 11.8. The third-order valence-corrected chi connectivity index (χ3v) is 7.58. The van der Waals surface area contributed by atoms with Gasteiger partial charge in [-0.05, 0) is 91.1 Å². The first-order chi connectivity index (χ1) is 18.5. The molecular formula is C33H35F4NS. The van der Waals surface area contributed by atoms with Gasteiger partial charge in [-0.2, -0.15) is 13.2 Å². The van der Waals surface area contributed by atoms with Gasteiger partial charge in [-0.15, -0.1) is 6.58 Å². The summed E-state index contributed by atoms with van der Waals surface area (Å²) < 4.78 is 56.2. The Balaban J connectivity index is 2.14. The molecule has 0 fully saturated rings. The average molecular weight is 554 g/mol. The summed E-state index contributed by atoms with van der Waals surface area (Å²) in [6.45, 7) is 15.1. The monoisotopic (exact) mass is 553 g/mol. The second kappa shape index (κ2) is 13.3. The number of thiol groups is 1. The van der Waals surface area contributed by atoms with Crippen LogP contribution in [0.2, 0.25) is 0 Å². The normalized spacial score (nSPS) is 18.1. The molecule has 0 aromatic heterocycles. The largest absolute Gasteiger partial charge is 0.416 e. The van der Waals surface area contributed by atoms with Crippen LogP contribution in [0.25, 0.3) is 0 Å². The van der Waals surface area contributed by atoms with Crippen molar-refractivity contribution in [2.75, 3.05) is 6.54 Å². The van der Waals surface area contributed by atoms with E-state index >= 15 is 0 Å². The van der Waals surface area contributed by atoms with Crippen molar-refractivity contribution in [1.82, 2.24) is 4.72 Å². The lowest BCUT2D eigenvalue weighted by Gasteiger charge is -2.43. The highest BCUT2D eigenvalue weighted by Gasteiger charge is 2.41. The molecule has 0 saturated heterocycles. The number of nitrogens with one attached hydrogen (secondary N) is 1. The first-order valence-corrected chi connectivity index (χ1v) is 13.3. The topological polar surface area (TPSA) is 12.0 Å². The zero-order chi connectivity index (χ0) is 28.6. The Labute approximate surface area is 235 Å². The fraction of sp³-hybridized carbons (Fsp3) is 0.273. The third kappa shape index (κ3) is 7.52. The number of rotatable bonds is 12. The Kier molecular flexibility index (Phi) is 10.4. The van der Waals surface area contributed by atoms with Gasteiger partial charge < -0.3 is 0 Å². The molecule has 2 aromatic rings. The van der Waals surface area contributed by atoms with E-state index in [0.29, 0.717) is 38.6 Å². The van der Waals surface area contributed by atoms with Crippen LogP contribution in [0.4, 0.5) is 17.6 Å². The van der Waals surface area contributed by atoms with Crippen molar-refractivity contribution in [3.63, 3.8) is 0 Å². The molecule has 39 heavy (non-hydrogen) atoms. The first kappa shape index (κ1) is 30.5. The molecule has 0 bridgehead atoms. The summed E-state index contributed by atoms with van der Waals surface area (Å²) in [5, 5.41) is 0.